The highest BCUT2D eigenvalue weighted by atomic mass is 35.5. The topological polar surface area (TPSA) is 65.5 Å². The molecule has 1 saturated heterocycles. The smallest absolute Gasteiger partial charge is 0.257 e. The van der Waals surface area contributed by atoms with Crippen LogP contribution < -0.4 is 5.32 Å². The van der Waals surface area contributed by atoms with Crippen molar-refractivity contribution >= 4 is 29.1 Å². The lowest BCUT2D eigenvalue weighted by Crippen LogP contribution is -2.53. The summed E-state index contributed by atoms with van der Waals surface area (Å²) < 4.78 is 0. The summed E-state index contributed by atoms with van der Waals surface area (Å²) in [4.78, 5) is 33.8. The van der Waals surface area contributed by atoms with Crippen molar-refractivity contribution in [3.8, 4) is 0 Å². The van der Waals surface area contributed by atoms with Gasteiger partial charge in [-0.2, -0.15) is 0 Å². The maximum absolute atomic E-state index is 12.7. The van der Waals surface area contributed by atoms with Crippen molar-refractivity contribution in [2.24, 2.45) is 5.92 Å². The summed E-state index contributed by atoms with van der Waals surface area (Å²) >= 11 is 6.40. The number of hydrogen-bond acceptors (Lipinski definition) is 4. The standard InChI is InChI=1S/C25H31ClN4O2/c1-16-4-7-20(13-27-16)25(32)28-23-12-22(26)11-21(18(23)3)15-29-8-9-30(17(2)14-29)24(31)10-19-5-6-19/h4,7,11-13,17,19H,5-6,8-10,14-15H2,1-3H3,(H,28,32). The molecule has 1 N–H and O–H groups in total. The number of nitrogens with one attached hydrogen (secondary N) is 1. The highest BCUT2D eigenvalue weighted by Gasteiger charge is 2.32. The van der Waals surface area contributed by atoms with Gasteiger partial charge < -0.3 is 10.2 Å². The van der Waals surface area contributed by atoms with Crippen LogP contribution in [0.5, 0.6) is 0 Å². The van der Waals surface area contributed by atoms with E-state index in [4.69, 9.17) is 11.6 Å². The van der Waals surface area contributed by atoms with Crippen LogP contribution in [-0.4, -0.2) is 52.3 Å². The number of aryl methyl sites for hydroxylation is 1. The Morgan fingerprint density at radius 3 is 2.62 bits per heavy atom. The maximum Gasteiger partial charge on any atom is 0.257 e. The van der Waals surface area contributed by atoms with Gasteiger partial charge >= 0.3 is 0 Å². The number of nitrogens with zero attached hydrogens (tertiary/aromatic N) is 3. The molecule has 2 aromatic rings. The Morgan fingerprint density at radius 1 is 1.19 bits per heavy atom. The van der Waals surface area contributed by atoms with Gasteiger partial charge in [0.2, 0.25) is 5.91 Å². The predicted octanol–water partition coefficient (Wildman–Crippen LogP) is 4.44. The average Bonchev–Trinajstić information content (AvgIpc) is 3.56. The molecule has 4 rings (SSSR count). The third kappa shape index (κ3) is 5.48. The molecule has 1 atom stereocenters. The average molecular weight is 455 g/mol. The number of pyridine rings is 1. The molecule has 1 aromatic heterocycles. The van der Waals surface area contributed by atoms with Crippen molar-refractivity contribution in [2.45, 2.75) is 52.6 Å². The first-order valence-electron chi connectivity index (χ1n) is 11.3. The molecule has 0 radical (unpaired) electrons. The van der Waals surface area contributed by atoms with Gasteiger partial charge in [0.1, 0.15) is 0 Å². The number of aromatic nitrogens is 1. The van der Waals surface area contributed by atoms with Crippen molar-refractivity contribution in [1.82, 2.24) is 14.8 Å². The molecule has 170 valence electrons. The summed E-state index contributed by atoms with van der Waals surface area (Å²) in [6.07, 6.45) is 4.69. The lowest BCUT2D eigenvalue weighted by Gasteiger charge is -2.40. The van der Waals surface area contributed by atoms with Gasteiger partial charge in [-0.25, -0.2) is 0 Å². The first-order chi connectivity index (χ1) is 15.3. The van der Waals surface area contributed by atoms with Gasteiger partial charge in [-0.15, -0.1) is 0 Å². The lowest BCUT2D eigenvalue weighted by atomic mass is 10.0. The number of amides is 2. The summed E-state index contributed by atoms with van der Waals surface area (Å²) in [5.74, 6) is 0.713. The van der Waals surface area contributed by atoms with Crippen LogP contribution >= 0.6 is 11.6 Å². The Bertz CT molecular complexity index is 1000. The Labute approximate surface area is 195 Å². The highest BCUT2D eigenvalue weighted by Crippen LogP contribution is 2.33. The van der Waals surface area contributed by atoms with E-state index >= 15 is 0 Å². The third-order valence-electron chi connectivity index (χ3n) is 6.49. The van der Waals surface area contributed by atoms with E-state index in [0.29, 0.717) is 34.5 Å². The Balaban J connectivity index is 1.41. The van der Waals surface area contributed by atoms with Gasteiger partial charge in [-0.3, -0.25) is 19.5 Å². The van der Waals surface area contributed by atoms with Gasteiger partial charge in [0, 0.05) is 61.2 Å². The van der Waals surface area contributed by atoms with E-state index in [1.54, 1.807) is 18.3 Å². The van der Waals surface area contributed by atoms with E-state index in [1.807, 2.05) is 30.9 Å². The highest BCUT2D eigenvalue weighted by molar-refractivity contribution is 6.31. The van der Waals surface area contributed by atoms with Crippen LogP contribution in [-0.2, 0) is 11.3 Å². The molecule has 7 heteroatoms. The van der Waals surface area contributed by atoms with Crippen molar-refractivity contribution in [3.05, 3.63) is 57.9 Å². The van der Waals surface area contributed by atoms with E-state index in [1.165, 1.54) is 12.8 Å². The molecule has 1 saturated carbocycles. The van der Waals surface area contributed by atoms with Crippen LogP contribution in [0.25, 0.3) is 0 Å². The number of halogens is 1. The molecule has 32 heavy (non-hydrogen) atoms. The minimum atomic E-state index is -0.203. The van der Waals surface area contributed by atoms with Crippen molar-refractivity contribution in [1.29, 1.82) is 0 Å². The number of benzene rings is 1. The van der Waals surface area contributed by atoms with E-state index < -0.39 is 0 Å². The summed E-state index contributed by atoms with van der Waals surface area (Å²) in [5, 5.41) is 3.58. The minimum absolute atomic E-state index is 0.197. The second-order valence-corrected chi connectivity index (χ2v) is 9.64. The van der Waals surface area contributed by atoms with E-state index in [9.17, 15) is 9.59 Å². The zero-order valence-electron chi connectivity index (χ0n) is 19.0. The van der Waals surface area contributed by atoms with Crippen LogP contribution in [0, 0.1) is 19.8 Å². The number of piperazine rings is 1. The van der Waals surface area contributed by atoms with E-state index in [-0.39, 0.29) is 11.9 Å². The SMILES string of the molecule is Cc1ccc(C(=O)Nc2cc(Cl)cc(CN3CCN(C(=O)CC4CC4)C(C)C3)c2C)cn1. The van der Waals surface area contributed by atoms with Gasteiger partial charge in [-0.05, 0) is 74.9 Å². The maximum atomic E-state index is 12.7. The predicted molar refractivity (Wildman–Crippen MR) is 127 cm³/mol. The first-order valence-corrected chi connectivity index (χ1v) is 11.7. The van der Waals surface area contributed by atoms with E-state index in [2.05, 4.69) is 22.1 Å². The molecular weight excluding hydrogens is 424 g/mol. The van der Waals surface area contributed by atoms with Crippen LogP contribution in [0.3, 0.4) is 0 Å². The summed E-state index contributed by atoms with van der Waals surface area (Å²) in [7, 11) is 0. The Kier molecular flexibility index (Phi) is 6.82. The van der Waals surface area contributed by atoms with Crippen molar-refractivity contribution < 1.29 is 9.59 Å². The van der Waals surface area contributed by atoms with Crippen LogP contribution in [0.15, 0.2) is 30.5 Å². The molecular formula is C25H31ClN4O2. The van der Waals surface area contributed by atoms with E-state index in [0.717, 1.165) is 43.0 Å². The monoisotopic (exact) mass is 454 g/mol. The fourth-order valence-corrected chi connectivity index (χ4v) is 4.54. The molecule has 2 fully saturated rings. The van der Waals surface area contributed by atoms with Gasteiger partial charge in [0.15, 0.2) is 0 Å². The number of hydrogen-bond donors (Lipinski definition) is 1. The number of carbonyl (C=O) groups excluding carboxylic acids is 2. The number of rotatable bonds is 6. The molecule has 6 nitrogen and oxygen atoms in total. The Hall–Kier alpha value is -2.44. The normalized spacial score (nSPS) is 19.1. The van der Waals surface area contributed by atoms with Gasteiger partial charge in [0.25, 0.3) is 5.91 Å². The Morgan fingerprint density at radius 2 is 1.97 bits per heavy atom. The third-order valence-corrected chi connectivity index (χ3v) is 6.71. The summed E-state index contributed by atoms with van der Waals surface area (Å²) in [6, 6.07) is 7.54. The van der Waals surface area contributed by atoms with Crippen molar-refractivity contribution in [2.75, 3.05) is 25.0 Å². The molecule has 0 bridgehead atoms. The number of anilines is 1. The molecule has 1 aliphatic carbocycles. The van der Waals surface area contributed by atoms with Crippen LogP contribution in [0.4, 0.5) is 5.69 Å². The zero-order chi connectivity index (χ0) is 22.8. The van der Waals surface area contributed by atoms with Crippen LogP contribution in [0.2, 0.25) is 5.02 Å². The minimum Gasteiger partial charge on any atom is -0.337 e. The van der Waals surface area contributed by atoms with Gasteiger partial charge in [0.05, 0.1) is 5.56 Å². The molecule has 2 heterocycles. The molecule has 0 spiro atoms. The molecule has 1 aliphatic heterocycles. The lowest BCUT2D eigenvalue weighted by molar-refractivity contribution is -0.136. The largest absolute Gasteiger partial charge is 0.337 e. The second-order valence-electron chi connectivity index (χ2n) is 9.20. The zero-order valence-corrected chi connectivity index (χ0v) is 19.8. The molecule has 1 aromatic carbocycles. The second kappa shape index (κ2) is 9.59. The van der Waals surface area contributed by atoms with Crippen LogP contribution in [0.1, 0.15) is 53.4 Å². The fourth-order valence-electron chi connectivity index (χ4n) is 4.30. The first kappa shape index (κ1) is 22.7. The van der Waals surface area contributed by atoms with Gasteiger partial charge in [-0.1, -0.05) is 11.6 Å². The summed E-state index contributed by atoms with van der Waals surface area (Å²) in [5.41, 5.74) is 4.18. The summed E-state index contributed by atoms with van der Waals surface area (Å²) in [6.45, 7) is 9.19. The number of carbonyl (C=O) groups is 2. The fraction of sp³-hybridized carbons (Fsp3) is 0.480. The molecule has 1 unspecified atom stereocenters. The quantitative estimate of drug-likeness (QED) is 0.700. The molecule has 2 aliphatic rings. The van der Waals surface area contributed by atoms with Crippen molar-refractivity contribution in [3.63, 3.8) is 0 Å². The molecule has 2 amide bonds.